The van der Waals surface area contributed by atoms with Crippen LogP contribution in [0.5, 0.6) is 0 Å². The maximum absolute atomic E-state index is 12.4. The lowest BCUT2D eigenvalue weighted by Gasteiger charge is -2.30. The molecule has 0 heterocycles. The number of carbonyl (C=O) groups is 1. The van der Waals surface area contributed by atoms with Gasteiger partial charge in [0, 0.05) is 12.0 Å². The second kappa shape index (κ2) is 5.21. The van der Waals surface area contributed by atoms with Gasteiger partial charge in [0.15, 0.2) is 0 Å². The third kappa shape index (κ3) is 3.22. The van der Waals surface area contributed by atoms with E-state index in [1.807, 2.05) is 45.0 Å². The third-order valence-corrected chi connectivity index (χ3v) is 2.56. The van der Waals surface area contributed by atoms with Gasteiger partial charge in [0.25, 0.3) is 0 Å². The van der Waals surface area contributed by atoms with Gasteiger partial charge in [-0.3, -0.25) is 4.79 Å². The van der Waals surface area contributed by atoms with E-state index < -0.39 is 5.41 Å². The summed E-state index contributed by atoms with van der Waals surface area (Å²) in [5.41, 5.74) is 7.01. The molecule has 0 aliphatic heterocycles. The molecule has 0 saturated heterocycles. The minimum atomic E-state index is -0.391. The molecule has 0 aromatic heterocycles. The molecule has 0 fully saturated rings. The Bertz CT molecular complexity index is 393. The summed E-state index contributed by atoms with van der Waals surface area (Å²) < 4.78 is 0. The molecule has 94 valence electrons. The molecule has 1 aromatic rings. The zero-order chi connectivity index (χ0) is 13.1. The molecule has 0 radical (unpaired) electrons. The average Bonchev–Trinajstić information content (AvgIpc) is 2.25. The van der Waals surface area contributed by atoms with Crippen molar-refractivity contribution in [3.8, 4) is 0 Å². The van der Waals surface area contributed by atoms with Crippen LogP contribution in [0.3, 0.4) is 0 Å². The van der Waals surface area contributed by atoms with Crippen molar-refractivity contribution in [1.82, 2.24) is 0 Å². The van der Waals surface area contributed by atoms with Crippen LogP contribution in [-0.2, 0) is 4.79 Å². The van der Waals surface area contributed by atoms with E-state index in [1.54, 1.807) is 4.90 Å². The first-order chi connectivity index (χ1) is 7.88. The Labute approximate surface area is 104 Å². The minimum Gasteiger partial charge on any atom is -0.397 e. The zero-order valence-electron chi connectivity index (χ0n) is 11.2. The van der Waals surface area contributed by atoms with Gasteiger partial charge >= 0.3 is 0 Å². The lowest BCUT2D eigenvalue weighted by atomic mass is 9.94. The number of anilines is 2. The van der Waals surface area contributed by atoms with Gasteiger partial charge in [0.2, 0.25) is 5.91 Å². The van der Waals surface area contributed by atoms with Crippen LogP contribution < -0.4 is 10.6 Å². The summed E-state index contributed by atoms with van der Waals surface area (Å²) in [6.45, 7) is 8.54. The first kappa shape index (κ1) is 13.6. The largest absolute Gasteiger partial charge is 0.397 e. The van der Waals surface area contributed by atoms with Gasteiger partial charge in [-0.2, -0.15) is 0 Å². The number of nitrogens with two attached hydrogens (primary N) is 1. The van der Waals surface area contributed by atoms with E-state index in [2.05, 4.69) is 6.92 Å². The Hall–Kier alpha value is -1.51. The van der Waals surface area contributed by atoms with Crippen molar-refractivity contribution in [2.45, 2.75) is 34.1 Å². The fourth-order valence-corrected chi connectivity index (χ4v) is 1.69. The molecule has 0 atom stereocenters. The van der Waals surface area contributed by atoms with Crippen molar-refractivity contribution in [3.05, 3.63) is 24.3 Å². The molecule has 1 amide bonds. The molecular formula is C14H22N2O. The van der Waals surface area contributed by atoms with Crippen LogP contribution >= 0.6 is 0 Å². The summed E-state index contributed by atoms with van der Waals surface area (Å²) in [5.74, 6) is 0.109. The summed E-state index contributed by atoms with van der Waals surface area (Å²) in [5, 5.41) is 0. The highest BCUT2D eigenvalue weighted by molar-refractivity contribution is 5.99. The SMILES string of the molecule is CCCN(C(=O)C(C)(C)C)c1ccccc1N. The van der Waals surface area contributed by atoms with E-state index in [1.165, 1.54) is 0 Å². The van der Waals surface area contributed by atoms with E-state index in [9.17, 15) is 4.79 Å². The van der Waals surface area contributed by atoms with Crippen LogP contribution in [-0.4, -0.2) is 12.5 Å². The van der Waals surface area contributed by atoms with Crippen molar-refractivity contribution >= 4 is 17.3 Å². The second-order valence-electron chi connectivity index (χ2n) is 5.27. The number of rotatable bonds is 3. The Morgan fingerprint density at radius 1 is 1.29 bits per heavy atom. The Kier molecular flexibility index (Phi) is 4.16. The molecule has 0 bridgehead atoms. The van der Waals surface area contributed by atoms with Gasteiger partial charge in [-0.25, -0.2) is 0 Å². The molecule has 0 unspecified atom stereocenters. The van der Waals surface area contributed by atoms with Crippen molar-refractivity contribution in [3.63, 3.8) is 0 Å². The van der Waals surface area contributed by atoms with Crippen LogP contribution in [0.2, 0.25) is 0 Å². The van der Waals surface area contributed by atoms with Gasteiger partial charge in [-0.05, 0) is 18.6 Å². The van der Waals surface area contributed by atoms with Crippen LogP contribution in [0, 0.1) is 5.41 Å². The van der Waals surface area contributed by atoms with Gasteiger partial charge in [-0.1, -0.05) is 39.8 Å². The van der Waals surface area contributed by atoms with Crippen LogP contribution in [0.15, 0.2) is 24.3 Å². The van der Waals surface area contributed by atoms with Crippen molar-refractivity contribution in [1.29, 1.82) is 0 Å². The summed E-state index contributed by atoms with van der Waals surface area (Å²) >= 11 is 0. The summed E-state index contributed by atoms with van der Waals surface area (Å²) in [4.78, 5) is 14.2. The predicted octanol–water partition coefficient (Wildman–Crippen LogP) is 3.06. The normalized spacial score (nSPS) is 11.3. The quantitative estimate of drug-likeness (QED) is 0.817. The minimum absolute atomic E-state index is 0.109. The molecule has 1 aromatic carbocycles. The van der Waals surface area contributed by atoms with Gasteiger partial charge in [0.1, 0.15) is 0 Å². The smallest absolute Gasteiger partial charge is 0.232 e. The standard InChI is InChI=1S/C14H22N2O/c1-5-10-16(13(17)14(2,3)4)12-9-7-6-8-11(12)15/h6-9H,5,10,15H2,1-4H3. The molecule has 3 heteroatoms. The van der Waals surface area contributed by atoms with E-state index >= 15 is 0 Å². The van der Waals surface area contributed by atoms with Crippen LogP contribution in [0.1, 0.15) is 34.1 Å². The van der Waals surface area contributed by atoms with E-state index in [-0.39, 0.29) is 5.91 Å². The van der Waals surface area contributed by atoms with Crippen LogP contribution in [0.25, 0.3) is 0 Å². The van der Waals surface area contributed by atoms with E-state index in [4.69, 9.17) is 5.73 Å². The lowest BCUT2D eigenvalue weighted by Crippen LogP contribution is -2.40. The molecule has 0 aliphatic carbocycles. The zero-order valence-corrected chi connectivity index (χ0v) is 11.2. The Balaban J connectivity index is 3.10. The van der Waals surface area contributed by atoms with E-state index in [0.29, 0.717) is 12.2 Å². The summed E-state index contributed by atoms with van der Waals surface area (Å²) in [6.07, 6.45) is 0.913. The molecule has 17 heavy (non-hydrogen) atoms. The number of benzene rings is 1. The molecule has 0 saturated carbocycles. The van der Waals surface area contributed by atoms with Crippen molar-refractivity contribution < 1.29 is 4.79 Å². The maximum atomic E-state index is 12.4. The van der Waals surface area contributed by atoms with Gasteiger partial charge in [-0.15, -0.1) is 0 Å². The lowest BCUT2D eigenvalue weighted by molar-refractivity contribution is -0.125. The molecule has 0 aliphatic rings. The molecule has 0 spiro atoms. The average molecular weight is 234 g/mol. The summed E-state index contributed by atoms with van der Waals surface area (Å²) in [7, 11) is 0. The fraction of sp³-hybridized carbons (Fsp3) is 0.500. The highest BCUT2D eigenvalue weighted by Gasteiger charge is 2.28. The third-order valence-electron chi connectivity index (χ3n) is 2.56. The number of nitrogens with zero attached hydrogens (tertiary/aromatic N) is 1. The number of carbonyl (C=O) groups excluding carboxylic acids is 1. The summed E-state index contributed by atoms with van der Waals surface area (Å²) in [6, 6.07) is 7.51. The number of hydrogen-bond acceptors (Lipinski definition) is 2. The highest BCUT2D eigenvalue weighted by atomic mass is 16.2. The fourth-order valence-electron chi connectivity index (χ4n) is 1.69. The number of amides is 1. The maximum Gasteiger partial charge on any atom is 0.232 e. The van der Waals surface area contributed by atoms with Gasteiger partial charge in [0.05, 0.1) is 11.4 Å². The highest BCUT2D eigenvalue weighted by Crippen LogP contribution is 2.27. The van der Waals surface area contributed by atoms with Crippen molar-refractivity contribution in [2.75, 3.05) is 17.2 Å². The molecule has 2 N–H and O–H groups in total. The first-order valence-electron chi connectivity index (χ1n) is 6.04. The van der Waals surface area contributed by atoms with Crippen LogP contribution in [0.4, 0.5) is 11.4 Å². The molecule has 3 nitrogen and oxygen atoms in total. The second-order valence-corrected chi connectivity index (χ2v) is 5.27. The van der Waals surface area contributed by atoms with E-state index in [0.717, 1.165) is 12.1 Å². The first-order valence-corrected chi connectivity index (χ1v) is 6.04. The number of nitrogen functional groups attached to an aromatic ring is 1. The predicted molar refractivity (Wildman–Crippen MR) is 73.0 cm³/mol. The Morgan fingerprint density at radius 2 is 1.88 bits per heavy atom. The number of para-hydroxylation sites is 2. The Morgan fingerprint density at radius 3 is 2.35 bits per heavy atom. The monoisotopic (exact) mass is 234 g/mol. The molecule has 1 rings (SSSR count). The number of hydrogen-bond donors (Lipinski definition) is 1. The molecular weight excluding hydrogens is 212 g/mol. The topological polar surface area (TPSA) is 46.3 Å². The van der Waals surface area contributed by atoms with Gasteiger partial charge < -0.3 is 10.6 Å². The van der Waals surface area contributed by atoms with Crippen molar-refractivity contribution in [2.24, 2.45) is 5.41 Å².